The highest BCUT2D eigenvalue weighted by Gasteiger charge is 2.35. The first-order valence-corrected chi connectivity index (χ1v) is 6.68. The van der Waals surface area contributed by atoms with E-state index in [-0.39, 0.29) is 36.8 Å². The van der Waals surface area contributed by atoms with E-state index < -0.39 is 0 Å². The summed E-state index contributed by atoms with van der Waals surface area (Å²) in [6, 6.07) is 0.999. The van der Waals surface area contributed by atoms with E-state index in [4.69, 9.17) is 4.74 Å². The number of carbonyl (C=O) groups excluding carboxylic acids is 1. The molecule has 1 saturated carbocycles. The second kappa shape index (κ2) is 7.64. The second-order valence-electron chi connectivity index (χ2n) is 5.30. The van der Waals surface area contributed by atoms with Crippen molar-refractivity contribution in [2.24, 2.45) is 0 Å². The zero-order valence-corrected chi connectivity index (χ0v) is 12.6. The summed E-state index contributed by atoms with van der Waals surface area (Å²) in [6.07, 6.45) is 3.78. The molecule has 0 aromatic heterocycles. The molecule has 19 heavy (non-hydrogen) atoms. The predicted octanol–water partition coefficient (Wildman–Crippen LogP) is 0.171. The Kier molecular flexibility index (Phi) is 6.83. The van der Waals surface area contributed by atoms with Crippen LogP contribution in [0.3, 0.4) is 0 Å². The molecule has 3 aliphatic rings. The van der Waals surface area contributed by atoms with Gasteiger partial charge < -0.3 is 15.4 Å². The van der Waals surface area contributed by atoms with Crippen molar-refractivity contribution in [2.45, 2.75) is 37.4 Å². The highest BCUT2D eigenvalue weighted by Crippen LogP contribution is 2.29. The normalized spacial score (nSPS) is 31.2. The molecule has 0 aromatic rings. The maximum atomic E-state index is 12.0. The minimum absolute atomic E-state index is 0. The van der Waals surface area contributed by atoms with Crippen molar-refractivity contribution in [2.75, 3.05) is 32.8 Å². The lowest BCUT2D eigenvalue weighted by Gasteiger charge is -2.24. The van der Waals surface area contributed by atoms with Gasteiger partial charge in [-0.15, -0.1) is 24.8 Å². The number of rotatable bonds is 3. The van der Waals surface area contributed by atoms with Crippen LogP contribution in [-0.4, -0.2) is 61.8 Å². The molecular formula is C12H23Cl2N3O2. The van der Waals surface area contributed by atoms with Crippen molar-refractivity contribution in [3.8, 4) is 0 Å². The summed E-state index contributed by atoms with van der Waals surface area (Å²) < 4.78 is 5.30. The van der Waals surface area contributed by atoms with Crippen molar-refractivity contribution >= 4 is 30.7 Å². The van der Waals surface area contributed by atoms with E-state index in [2.05, 4.69) is 15.5 Å². The number of nitrogens with one attached hydrogen (secondary N) is 2. The van der Waals surface area contributed by atoms with Crippen LogP contribution in [-0.2, 0) is 9.53 Å². The van der Waals surface area contributed by atoms with Crippen molar-refractivity contribution in [3.63, 3.8) is 0 Å². The van der Waals surface area contributed by atoms with Gasteiger partial charge in [-0.1, -0.05) is 0 Å². The quantitative estimate of drug-likeness (QED) is 0.780. The molecular weight excluding hydrogens is 289 g/mol. The number of likely N-dealkylation sites (tertiary alicyclic amines) is 1. The van der Waals surface area contributed by atoms with E-state index in [1.165, 1.54) is 12.8 Å². The van der Waals surface area contributed by atoms with E-state index in [0.29, 0.717) is 19.3 Å². The van der Waals surface area contributed by atoms with E-state index in [9.17, 15) is 4.79 Å². The van der Waals surface area contributed by atoms with Crippen LogP contribution in [0.15, 0.2) is 0 Å². The maximum Gasteiger partial charge on any atom is 0.239 e. The molecule has 0 spiro atoms. The molecule has 2 heterocycles. The van der Waals surface area contributed by atoms with Gasteiger partial charge in [-0.3, -0.25) is 9.69 Å². The third-order valence-corrected chi connectivity index (χ3v) is 3.87. The van der Waals surface area contributed by atoms with Crippen LogP contribution < -0.4 is 10.6 Å². The van der Waals surface area contributed by atoms with Crippen LogP contribution in [0.1, 0.15) is 19.3 Å². The summed E-state index contributed by atoms with van der Waals surface area (Å²) in [5.41, 5.74) is 0. The van der Waals surface area contributed by atoms with Gasteiger partial charge in [0, 0.05) is 31.7 Å². The monoisotopic (exact) mass is 311 g/mol. The Balaban J connectivity index is 0.000000902. The van der Waals surface area contributed by atoms with Gasteiger partial charge >= 0.3 is 0 Å². The average molecular weight is 312 g/mol. The van der Waals surface area contributed by atoms with E-state index in [1.54, 1.807) is 0 Å². The standard InChI is InChI=1S/C12H21N3O2.2ClH/c16-12(11-8-17-6-4-13-11)14-9-3-5-15(7-9)10-1-2-10;;/h9-11,13H,1-8H2,(H,14,16);2*1H. The molecule has 0 bridgehead atoms. The lowest BCUT2D eigenvalue weighted by atomic mass is 10.2. The number of nitrogens with zero attached hydrogens (tertiary/aromatic N) is 1. The number of carbonyl (C=O) groups is 1. The van der Waals surface area contributed by atoms with Crippen LogP contribution in [0.4, 0.5) is 0 Å². The Morgan fingerprint density at radius 3 is 2.68 bits per heavy atom. The average Bonchev–Trinajstić information content (AvgIpc) is 3.12. The molecule has 2 atom stereocenters. The van der Waals surface area contributed by atoms with Gasteiger partial charge in [-0.2, -0.15) is 0 Å². The highest BCUT2D eigenvalue weighted by molar-refractivity contribution is 5.85. The largest absolute Gasteiger partial charge is 0.378 e. The SMILES string of the molecule is Cl.Cl.O=C(NC1CCN(C2CC2)C1)C1COCCN1. The first-order valence-electron chi connectivity index (χ1n) is 6.68. The molecule has 0 radical (unpaired) electrons. The van der Waals surface area contributed by atoms with Crippen LogP contribution in [0.2, 0.25) is 0 Å². The molecule has 7 heteroatoms. The number of hydrogen-bond acceptors (Lipinski definition) is 4. The highest BCUT2D eigenvalue weighted by atomic mass is 35.5. The summed E-state index contributed by atoms with van der Waals surface area (Å²) in [6.45, 7) is 4.17. The zero-order chi connectivity index (χ0) is 11.7. The fraction of sp³-hybridized carbons (Fsp3) is 0.917. The molecule has 3 rings (SSSR count). The van der Waals surface area contributed by atoms with Crippen molar-refractivity contribution in [3.05, 3.63) is 0 Å². The van der Waals surface area contributed by atoms with Gasteiger partial charge in [-0.25, -0.2) is 0 Å². The number of amides is 1. The van der Waals surface area contributed by atoms with E-state index in [1.807, 2.05) is 0 Å². The van der Waals surface area contributed by atoms with Gasteiger partial charge in [0.15, 0.2) is 0 Å². The maximum absolute atomic E-state index is 12.0. The minimum Gasteiger partial charge on any atom is -0.378 e. The molecule has 1 amide bonds. The van der Waals surface area contributed by atoms with Gasteiger partial charge in [0.1, 0.15) is 6.04 Å². The summed E-state index contributed by atoms with van der Waals surface area (Å²) in [5, 5.41) is 6.33. The second-order valence-corrected chi connectivity index (χ2v) is 5.30. The Bertz CT molecular complexity index is 297. The summed E-state index contributed by atoms with van der Waals surface area (Å²) in [4.78, 5) is 14.5. The molecule has 0 aromatic carbocycles. The van der Waals surface area contributed by atoms with Crippen LogP contribution in [0, 0.1) is 0 Å². The summed E-state index contributed by atoms with van der Waals surface area (Å²) in [5.74, 6) is 0.104. The Labute approximate surface area is 126 Å². The van der Waals surface area contributed by atoms with Gasteiger partial charge in [-0.05, 0) is 19.3 Å². The third kappa shape index (κ3) is 4.46. The minimum atomic E-state index is -0.154. The predicted molar refractivity (Wildman–Crippen MR) is 78.2 cm³/mol. The van der Waals surface area contributed by atoms with Crippen molar-refractivity contribution in [1.82, 2.24) is 15.5 Å². The smallest absolute Gasteiger partial charge is 0.239 e. The topological polar surface area (TPSA) is 53.6 Å². The van der Waals surface area contributed by atoms with Gasteiger partial charge in [0.2, 0.25) is 5.91 Å². The lowest BCUT2D eigenvalue weighted by Crippen LogP contribution is -2.53. The molecule has 2 unspecified atom stereocenters. The van der Waals surface area contributed by atoms with Gasteiger partial charge in [0.25, 0.3) is 0 Å². The van der Waals surface area contributed by atoms with Crippen molar-refractivity contribution in [1.29, 1.82) is 0 Å². The van der Waals surface area contributed by atoms with Gasteiger partial charge in [0.05, 0.1) is 13.2 Å². The summed E-state index contributed by atoms with van der Waals surface area (Å²) in [7, 11) is 0. The van der Waals surface area contributed by atoms with Crippen LogP contribution in [0.25, 0.3) is 0 Å². The molecule has 5 nitrogen and oxygen atoms in total. The summed E-state index contributed by atoms with van der Waals surface area (Å²) >= 11 is 0. The molecule has 3 fully saturated rings. The van der Waals surface area contributed by atoms with E-state index in [0.717, 1.165) is 32.1 Å². The Morgan fingerprint density at radius 1 is 1.26 bits per heavy atom. The fourth-order valence-electron chi connectivity index (χ4n) is 2.71. The number of hydrogen-bond donors (Lipinski definition) is 2. The molecule has 1 aliphatic carbocycles. The number of halogens is 2. The fourth-order valence-corrected chi connectivity index (χ4v) is 2.71. The third-order valence-electron chi connectivity index (χ3n) is 3.87. The first-order chi connectivity index (χ1) is 8.33. The molecule has 2 N–H and O–H groups in total. The zero-order valence-electron chi connectivity index (χ0n) is 11.0. The number of ether oxygens (including phenoxy) is 1. The molecule has 2 aliphatic heterocycles. The first kappa shape index (κ1) is 17.0. The Morgan fingerprint density at radius 2 is 2.05 bits per heavy atom. The lowest BCUT2D eigenvalue weighted by molar-refractivity contribution is -0.126. The molecule has 2 saturated heterocycles. The molecule has 112 valence electrons. The van der Waals surface area contributed by atoms with E-state index >= 15 is 0 Å². The Hall–Kier alpha value is -0.0700. The number of morpholine rings is 1. The van der Waals surface area contributed by atoms with Crippen LogP contribution >= 0.6 is 24.8 Å². The van der Waals surface area contributed by atoms with Crippen molar-refractivity contribution < 1.29 is 9.53 Å². The van der Waals surface area contributed by atoms with Crippen LogP contribution in [0.5, 0.6) is 0 Å².